The topological polar surface area (TPSA) is 3.24 Å². The summed E-state index contributed by atoms with van der Waals surface area (Å²) in [5.41, 5.74) is 10.8. The molecule has 0 fully saturated rings. The van der Waals surface area contributed by atoms with E-state index >= 15 is 0 Å². The van der Waals surface area contributed by atoms with Crippen LogP contribution in [0, 0.1) is 13.8 Å². The Labute approximate surface area is 208 Å². The van der Waals surface area contributed by atoms with Crippen LogP contribution in [0.5, 0.6) is 0 Å². The quantitative estimate of drug-likeness (QED) is 0.232. The number of aryl methyl sites for hydroxylation is 2. The van der Waals surface area contributed by atoms with Crippen LogP contribution in [0.15, 0.2) is 133 Å². The van der Waals surface area contributed by atoms with E-state index in [1.54, 1.807) is 0 Å². The third-order valence-electron chi connectivity index (χ3n) is 6.28. The van der Waals surface area contributed by atoms with Crippen molar-refractivity contribution in [3.8, 4) is 0 Å². The number of anilines is 3. The molecule has 0 amide bonds. The number of para-hydroxylation sites is 1. The summed E-state index contributed by atoms with van der Waals surface area (Å²) in [6, 6.07) is 47.3. The molecule has 0 radical (unpaired) electrons. The molecule has 0 aliphatic carbocycles. The molecule has 1 heteroatoms. The molecule has 0 aliphatic heterocycles. The Bertz CT molecular complexity index is 1410. The lowest BCUT2D eigenvalue weighted by Crippen LogP contribution is -2.11. The Morgan fingerprint density at radius 2 is 1.03 bits per heavy atom. The molecule has 5 aromatic rings. The van der Waals surface area contributed by atoms with Crippen molar-refractivity contribution in [3.63, 3.8) is 0 Å². The minimum absolute atomic E-state index is 1.14. The van der Waals surface area contributed by atoms with Crippen molar-refractivity contribution in [1.82, 2.24) is 0 Å². The van der Waals surface area contributed by atoms with Gasteiger partial charge in [0.2, 0.25) is 0 Å². The van der Waals surface area contributed by atoms with Crippen molar-refractivity contribution < 1.29 is 0 Å². The molecule has 170 valence electrons. The predicted molar refractivity (Wildman–Crippen MR) is 150 cm³/mol. The van der Waals surface area contributed by atoms with Crippen LogP contribution in [0.1, 0.15) is 27.8 Å². The van der Waals surface area contributed by atoms with E-state index in [2.05, 4.69) is 158 Å². The van der Waals surface area contributed by atoms with Gasteiger partial charge in [0.05, 0.1) is 0 Å². The van der Waals surface area contributed by atoms with Gasteiger partial charge < -0.3 is 4.90 Å². The Morgan fingerprint density at radius 1 is 0.514 bits per heavy atom. The van der Waals surface area contributed by atoms with Crippen LogP contribution in [0.25, 0.3) is 11.6 Å². The van der Waals surface area contributed by atoms with Crippen LogP contribution in [0.2, 0.25) is 0 Å². The SMILES string of the molecule is Cc1ccc(N(c2ccc(C(=Cc3ccccc3)c3ccccc3)cc2)c2ccccc2C)cc1. The molecule has 5 rings (SSSR count). The molecular formula is C34H29N. The summed E-state index contributed by atoms with van der Waals surface area (Å²) in [5, 5.41) is 0. The second-order valence-electron chi connectivity index (χ2n) is 8.84. The number of nitrogens with zero attached hydrogens (tertiary/aromatic N) is 1. The molecule has 0 N–H and O–H groups in total. The molecule has 0 saturated heterocycles. The summed E-state index contributed by atoms with van der Waals surface area (Å²) in [6.45, 7) is 4.29. The zero-order chi connectivity index (χ0) is 24.0. The van der Waals surface area contributed by atoms with Crippen molar-refractivity contribution in [1.29, 1.82) is 0 Å². The molecule has 1 nitrogen and oxygen atoms in total. The van der Waals surface area contributed by atoms with Crippen LogP contribution in [-0.4, -0.2) is 0 Å². The first kappa shape index (κ1) is 22.4. The first-order chi connectivity index (χ1) is 17.2. The first-order valence-corrected chi connectivity index (χ1v) is 12.0. The lowest BCUT2D eigenvalue weighted by Gasteiger charge is -2.27. The maximum atomic E-state index is 2.33. The molecular weight excluding hydrogens is 422 g/mol. The van der Waals surface area contributed by atoms with Crippen molar-refractivity contribution in [2.75, 3.05) is 4.90 Å². The minimum atomic E-state index is 1.14. The zero-order valence-corrected chi connectivity index (χ0v) is 20.2. The third kappa shape index (κ3) is 5.10. The summed E-state index contributed by atoms with van der Waals surface area (Å²) >= 11 is 0. The van der Waals surface area contributed by atoms with E-state index in [-0.39, 0.29) is 0 Å². The Hall–Kier alpha value is -4.36. The monoisotopic (exact) mass is 451 g/mol. The summed E-state index contributed by atoms with van der Waals surface area (Å²) in [5.74, 6) is 0. The number of hydrogen-bond donors (Lipinski definition) is 0. The summed E-state index contributed by atoms with van der Waals surface area (Å²) < 4.78 is 0. The van der Waals surface area contributed by atoms with Gasteiger partial charge in [-0.05, 0) is 78.1 Å². The van der Waals surface area contributed by atoms with Crippen molar-refractivity contribution in [2.24, 2.45) is 0 Å². The first-order valence-electron chi connectivity index (χ1n) is 12.0. The van der Waals surface area contributed by atoms with Crippen LogP contribution < -0.4 is 4.90 Å². The van der Waals surface area contributed by atoms with Crippen molar-refractivity contribution in [2.45, 2.75) is 13.8 Å². The average molecular weight is 452 g/mol. The Balaban J connectivity index is 1.59. The van der Waals surface area contributed by atoms with Crippen molar-refractivity contribution in [3.05, 3.63) is 161 Å². The lowest BCUT2D eigenvalue weighted by atomic mass is 9.95. The maximum absolute atomic E-state index is 2.33. The van der Waals surface area contributed by atoms with E-state index in [1.807, 2.05) is 0 Å². The third-order valence-corrected chi connectivity index (χ3v) is 6.28. The molecule has 0 saturated carbocycles. The minimum Gasteiger partial charge on any atom is -0.310 e. The summed E-state index contributed by atoms with van der Waals surface area (Å²) in [6.07, 6.45) is 2.27. The van der Waals surface area contributed by atoms with Gasteiger partial charge in [-0.3, -0.25) is 0 Å². The van der Waals surface area contributed by atoms with Gasteiger partial charge in [0.1, 0.15) is 0 Å². The average Bonchev–Trinajstić information content (AvgIpc) is 2.91. The standard InChI is InChI=1S/C34H29N/c1-26-17-21-31(22-18-26)35(34-16-10-9-11-27(34)2)32-23-19-30(20-24-32)33(29-14-7-4-8-15-29)25-28-12-5-3-6-13-28/h3-25H,1-2H3. The van der Waals surface area contributed by atoms with E-state index in [9.17, 15) is 0 Å². The van der Waals surface area contributed by atoms with Crippen LogP contribution in [-0.2, 0) is 0 Å². The van der Waals surface area contributed by atoms with Crippen LogP contribution in [0.4, 0.5) is 17.1 Å². The van der Waals surface area contributed by atoms with Gasteiger partial charge >= 0.3 is 0 Å². The second kappa shape index (κ2) is 10.3. The predicted octanol–water partition coefficient (Wildman–Crippen LogP) is 9.36. The van der Waals surface area contributed by atoms with Gasteiger partial charge in [0.15, 0.2) is 0 Å². The smallest absolute Gasteiger partial charge is 0.0490 e. The fraction of sp³-hybridized carbons (Fsp3) is 0.0588. The van der Waals surface area contributed by atoms with Gasteiger partial charge in [-0.25, -0.2) is 0 Å². The summed E-state index contributed by atoms with van der Waals surface area (Å²) in [4.78, 5) is 2.33. The number of hydrogen-bond acceptors (Lipinski definition) is 1. The normalized spacial score (nSPS) is 11.3. The Kier molecular flexibility index (Phi) is 6.59. The van der Waals surface area contributed by atoms with E-state index in [0.29, 0.717) is 0 Å². The molecule has 0 atom stereocenters. The zero-order valence-electron chi connectivity index (χ0n) is 20.2. The number of benzene rings is 5. The van der Waals surface area contributed by atoms with E-state index < -0.39 is 0 Å². The second-order valence-corrected chi connectivity index (χ2v) is 8.84. The highest BCUT2D eigenvalue weighted by molar-refractivity contribution is 5.92. The maximum Gasteiger partial charge on any atom is 0.0490 e. The van der Waals surface area contributed by atoms with Crippen LogP contribution >= 0.6 is 0 Å². The largest absolute Gasteiger partial charge is 0.310 e. The fourth-order valence-electron chi connectivity index (χ4n) is 4.39. The highest BCUT2D eigenvalue weighted by Crippen LogP contribution is 2.37. The molecule has 35 heavy (non-hydrogen) atoms. The van der Waals surface area contributed by atoms with Gasteiger partial charge in [0.25, 0.3) is 0 Å². The molecule has 0 spiro atoms. The van der Waals surface area contributed by atoms with E-state index in [1.165, 1.54) is 39.1 Å². The molecule has 0 unspecified atom stereocenters. The van der Waals surface area contributed by atoms with Crippen LogP contribution in [0.3, 0.4) is 0 Å². The molecule has 0 aliphatic rings. The molecule has 0 bridgehead atoms. The fourth-order valence-corrected chi connectivity index (χ4v) is 4.39. The van der Waals surface area contributed by atoms with E-state index in [4.69, 9.17) is 0 Å². The van der Waals surface area contributed by atoms with Gasteiger partial charge in [-0.15, -0.1) is 0 Å². The van der Waals surface area contributed by atoms with Crippen molar-refractivity contribution >= 4 is 28.7 Å². The Morgan fingerprint density at radius 3 is 1.66 bits per heavy atom. The molecule has 5 aromatic carbocycles. The van der Waals surface area contributed by atoms with Gasteiger partial charge in [-0.2, -0.15) is 0 Å². The van der Waals surface area contributed by atoms with Gasteiger partial charge in [0, 0.05) is 17.1 Å². The van der Waals surface area contributed by atoms with Gasteiger partial charge in [-0.1, -0.05) is 109 Å². The highest BCUT2D eigenvalue weighted by Gasteiger charge is 2.15. The molecule has 0 heterocycles. The van der Waals surface area contributed by atoms with E-state index in [0.717, 1.165) is 11.4 Å². The summed E-state index contributed by atoms with van der Waals surface area (Å²) in [7, 11) is 0. The molecule has 0 aromatic heterocycles. The number of rotatable bonds is 6. The highest BCUT2D eigenvalue weighted by atomic mass is 15.1. The lowest BCUT2D eigenvalue weighted by molar-refractivity contribution is 1.24.